The van der Waals surface area contributed by atoms with Crippen molar-refractivity contribution in [2.75, 3.05) is 13.2 Å². The molecular weight excluding hydrogens is 402 g/mol. The van der Waals surface area contributed by atoms with E-state index in [9.17, 15) is 18.7 Å². The fourth-order valence-electron chi connectivity index (χ4n) is 3.54. The van der Waals surface area contributed by atoms with Gasteiger partial charge in [0.25, 0.3) is 0 Å². The number of hydrogen-bond acceptors (Lipinski definition) is 4. The molecule has 0 bridgehead atoms. The van der Waals surface area contributed by atoms with Gasteiger partial charge in [-0.15, -0.1) is 12.4 Å². The van der Waals surface area contributed by atoms with E-state index in [4.69, 9.17) is 4.74 Å². The van der Waals surface area contributed by atoms with Crippen LogP contribution < -0.4 is 10.6 Å². The van der Waals surface area contributed by atoms with Crippen molar-refractivity contribution in [3.05, 3.63) is 35.4 Å². The number of halogens is 3. The van der Waals surface area contributed by atoms with Crippen LogP contribution in [-0.4, -0.2) is 48.5 Å². The van der Waals surface area contributed by atoms with Gasteiger partial charge in [-0.05, 0) is 49.3 Å². The fraction of sp³-hybridized carbons (Fsp3) is 0.667. The number of benzene rings is 1. The largest absolute Gasteiger partial charge is 0.389 e. The summed E-state index contributed by atoms with van der Waals surface area (Å²) in [5.41, 5.74) is 0.390. The van der Waals surface area contributed by atoms with E-state index in [1.54, 1.807) is 0 Å². The van der Waals surface area contributed by atoms with Crippen molar-refractivity contribution in [3.63, 3.8) is 0 Å². The van der Waals surface area contributed by atoms with Gasteiger partial charge in [0.2, 0.25) is 5.91 Å². The summed E-state index contributed by atoms with van der Waals surface area (Å²) >= 11 is 0. The Morgan fingerprint density at radius 1 is 1.28 bits per heavy atom. The molecule has 3 N–H and O–H groups in total. The molecule has 4 atom stereocenters. The number of rotatable bonds is 9. The van der Waals surface area contributed by atoms with Gasteiger partial charge < -0.3 is 20.5 Å². The average Bonchev–Trinajstić information content (AvgIpc) is 2.59. The molecule has 0 aliphatic carbocycles. The predicted molar refractivity (Wildman–Crippen MR) is 111 cm³/mol. The third-order valence-corrected chi connectivity index (χ3v) is 5.05. The summed E-state index contributed by atoms with van der Waals surface area (Å²) in [7, 11) is 0. The lowest BCUT2D eigenvalue weighted by Crippen LogP contribution is -2.56. The first kappa shape index (κ1) is 25.8. The van der Waals surface area contributed by atoms with Crippen molar-refractivity contribution >= 4 is 18.3 Å². The molecule has 29 heavy (non-hydrogen) atoms. The second-order valence-electron chi connectivity index (χ2n) is 8.05. The van der Waals surface area contributed by atoms with E-state index in [0.717, 1.165) is 25.5 Å². The van der Waals surface area contributed by atoms with E-state index in [1.807, 2.05) is 0 Å². The van der Waals surface area contributed by atoms with Crippen LogP contribution in [0.25, 0.3) is 0 Å². The number of nitrogens with one attached hydrogen (secondary N) is 2. The van der Waals surface area contributed by atoms with Gasteiger partial charge >= 0.3 is 0 Å². The van der Waals surface area contributed by atoms with Crippen LogP contribution in [0, 0.1) is 17.6 Å². The van der Waals surface area contributed by atoms with Gasteiger partial charge in [-0.2, -0.15) is 0 Å². The number of ether oxygens (including phenoxy) is 1. The minimum absolute atomic E-state index is 0. The predicted octanol–water partition coefficient (Wildman–Crippen LogP) is 2.98. The molecule has 0 spiro atoms. The minimum atomic E-state index is -0.883. The number of carbonyl (C=O) groups is 1. The van der Waals surface area contributed by atoms with E-state index >= 15 is 0 Å². The third kappa shape index (κ3) is 8.95. The quantitative estimate of drug-likeness (QED) is 0.559. The maximum Gasteiger partial charge on any atom is 0.217 e. The Hall–Kier alpha value is -1.28. The second-order valence-corrected chi connectivity index (χ2v) is 8.05. The molecule has 0 radical (unpaired) electrons. The molecule has 1 aromatic carbocycles. The lowest BCUT2D eigenvalue weighted by molar-refractivity contribution is -0.120. The molecule has 8 heteroatoms. The van der Waals surface area contributed by atoms with Gasteiger partial charge in [-0.25, -0.2) is 8.78 Å². The first-order chi connectivity index (χ1) is 13.2. The van der Waals surface area contributed by atoms with Crippen molar-refractivity contribution in [1.82, 2.24) is 10.6 Å². The molecule has 1 saturated heterocycles. The highest BCUT2D eigenvalue weighted by atomic mass is 35.5. The summed E-state index contributed by atoms with van der Waals surface area (Å²) in [6.07, 6.45) is 1.89. The fourth-order valence-corrected chi connectivity index (χ4v) is 3.54. The first-order valence-corrected chi connectivity index (χ1v) is 9.99. The number of aliphatic hydroxyl groups is 1. The monoisotopic (exact) mass is 434 g/mol. The van der Waals surface area contributed by atoms with Gasteiger partial charge in [0.1, 0.15) is 11.6 Å². The molecule has 2 rings (SSSR count). The Morgan fingerprint density at radius 3 is 2.45 bits per heavy atom. The van der Waals surface area contributed by atoms with Crippen LogP contribution in [0.2, 0.25) is 0 Å². The second kappa shape index (κ2) is 12.4. The van der Waals surface area contributed by atoms with Gasteiger partial charge in [0.15, 0.2) is 0 Å². The number of hydrogen-bond donors (Lipinski definition) is 3. The van der Waals surface area contributed by atoms with Crippen LogP contribution in [0.4, 0.5) is 8.78 Å². The molecule has 1 aromatic rings. The van der Waals surface area contributed by atoms with E-state index in [-0.39, 0.29) is 36.9 Å². The van der Waals surface area contributed by atoms with Crippen LogP contribution in [0.5, 0.6) is 0 Å². The number of piperidine rings is 1. The molecule has 1 aliphatic rings. The molecule has 1 fully saturated rings. The number of carbonyl (C=O) groups excluding carboxylic acids is 1. The van der Waals surface area contributed by atoms with Crippen molar-refractivity contribution in [3.8, 4) is 0 Å². The summed E-state index contributed by atoms with van der Waals surface area (Å²) in [6.45, 7) is 7.01. The summed E-state index contributed by atoms with van der Waals surface area (Å²) in [6, 6.07) is 2.37. The summed E-state index contributed by atoms with van der Waals surface area (Å²) in [4.78, 5) is 11.6. The zero-order chi connectivity index (χ0) is 20.7. The average molecular weight is 435 g/mol. The minimum Gasteiger partial charge on any atom is -0.389 e. The Bertz CT molecular complexity index is 620. The highest BCUT2D eigenvalue weighted by molar-refractivity contribution is 5.85. The molecule has 166 valence electrons. The Balaban J connectivity index is 0.00000420. The van der Waals surface area contributed by atoms with Crippen LogP contribution in [0.1, 0.15) is 45.6 Å². The molecule has 0 aromatic heterocycles. The van der Waals surface area contributed by atoms with Crippen molar-refractivity contribution in [2.24, 2.45) is 5.92 Å². The van der Waals surface area contributed by atoms with Crippen LogP contribution in [0.15, 0.2) is 18.2 Å². The summed E-state index contributed by atoms with van der Waals surface area (Å²) in [5, 5.41) is 16.8. The number of amides is 1. The van der Waals surface area contributed by atoms with Crippen molar-refractivity contribution in [1.29, 1.82) is 0 Å². The van der Waals surface area contributed by atoms with Gasteiger partial charge in [-0.3, -0.25) is 4.79 Å². The Kier molecular flexibility index (Phi) is 11.0. The third-order valence-electron chi connectivity index (χ3n) is 5.05. The van der Waals surface area contributed by atoms with Crippen LogP contribution >= 0.6 is 12.4 Å². The van der Waals surface area contributed by atoms with E-state index in [1.165, 1.54) is 19.1 Å². The molecule has 1 amide bonds. The van der Waals surface area contributed by atoms with Crippen molar-refractivity contribution < 1.29 is 23.4 Å². The molecule has 1 aliphatic heterocycles. The molecule has 1 heterocycles. The van der Waals surface area contributed by atoms with Gasteiger partial charge in [0.05, 0.1) is 18.2 Å². The SMILES string of the molecule is CC(=O)N[C@@H](Cc1cc(F)cc(F)c1)[C@H](O)[C@H]1CC[C@@H](OCCC(C)C)CN1.Cl. The summed E-state index contributed by atoms with van der Waals surface area (Å²) in [5.74, 6) is -1.06. The molecular formula is C21H33ClF2N2O3. The smallest absolute Gasteiger partial charge is 0.217 e. The lowest BCUT2D eigenvalue weighted by Gasteiger charge is -2.36. The normalized spacial score (nSPS) is 21.3. The zero-order valence-corrected chi connectivity index (χ0v) is 18.1. The zero-order valence-electron chi connectivity index (χ0n) is 17.3. The van der Waals surface area contributed by atoms with E-state index < -0.39 is 23.8 Å². The summed E-state index contributed by atoms with van der Waals surface area (Å²) < 4.78 is 32.8. The van der Waals surface area contributed by atoms with E-state index in [0.29, 0.717) is 24.4 Å². The van der Waals surface area contributed by atoms with Crippen LogP contribution in [-0.2, 0) is 16.0 Å². The highest BCUT2D eigenvalue weighted by Crippen LogP contribution is 2.19. The van der Waals surface area contributed by atoms with Crippen LogP contribution in [0.3, 0.4) is 0 Å². The van der Waals surface area contributed by atoms with E-state index in [2.05, 4.69) is 24.5 Å². The van der Waals surface area contributed by atoms with Crippen molar-refractivity contribution in [2.45, 2.75) is 70.7 Å². The van der Waals surface area contributed by atoms with Gasteiger partial charge in [0, 0.05) is 32.2 Å². The standard InChI is InChI=1S/C21H32F2N2O3.ClH/c1-13(2)6-7-28-18-4-5-19(24-12-18)21(27)20(25-14(3)26)10-15-8-16(22)11-17(23)9-15;/h8-9,11,13,18-21,24,27H,4-7,10,12H2,1-3H3,(H,25,26);1H/t18-,19-,20+,21-;/m1./s1. The lowest BCUT2D eigenvalue weighted by atomic mass is 9.90. The topological polar surface area (TPSA) is 70.6 Å². The molecule has 0 saturated carbocycles. The highest BCUT2D eigenvalue weighted by Gasteiger charge is 2.32. The first-order valence-electron chi connectivity index (χ1n) is 9.99. The maximum atomic E-state index is 13.5. The Labute approximate surface area is 178 Å². The maximum absolute atomic E-state index is 13.5. The number of aliphatic hydroxyl groups excluding tert-OH is 1. The van der Waals surface area contributed by atoms with Gasteiger partial charge in [-0.1, -0.05) is 13.8 Å². The molecule has 5 nitrogen and oxygen atoms in total. The molecule has 0 unspecified atom stereocenters. The Morgan fingerprint density at radius 2 is 1.93 bits per heavy atom.